The third-order valence-corrected chi connectivity index (χ3v) is 4.35. The SMILES string of the molecule is Cc1oc(-c2ccc3c(c2)OCO3)nc1CC(=O)Nc1ccc(OC(C)C)cc1. The third-order valence-electron chi connectivity index (χ3n) is 4.35. The minimum atomic E-state index is -0.170. The summed E-state index contributed by atoms with van der Waals surface area (Å²) in [5.41, 5.74) is 2.06. The van der Waals surface area contributed by atoms with E-state index in [1.54, 1.807) is 6.92 Å². The molecule has 29 heavy (non-hydrogen) atoms. The predicted octanol–water partition coefficient (Wildman–Crippen LogP) is 4.35. The van der Waals surface area contributed by atoms with Gasteiger partial charge in [-0.3, -0.25) is 4.79 Å². The molecule has 2 aromatic carbocycles. The van der Waals surface area contributed by atoms with Crippen LogP contribution in [0, 0.1) is 6.92 Å². The van der Waals surface area contributed by atoms with E-state index in [0.717, 1.165) is 11.3 Å². The molecule has 0 atom stereocenters. The zero-order chi connectivity index (χ0) is 20.4. The van der Waals surface area contributed by atoms with E-state index in [4.69, 9.17) is 18.6 Å². The van der Waals surface area contributed by atoms with E-state index in [2.05, 4.69) is 10.3 Å². The highest BCUT2D eigenvalue weighted by molar-refractivity contribution is 5.92. The smallest absolute Gasteiger partial charge is 0.231 e. The standard InChI is InChI=1S/C22H22N2O5/c1-13(2)28-17-7-5-16(6-8-17)23-21(25)11-18-14(3)29-22(24-18)15-4-9-19-20(10-15)27-12-26-19/h4-10,13H,11-12H2,1-3H3,(H,23,25). The molecule has 1 amide bonds. The fourth-order valence-electron chi connectivity index (χ4n) is 2.99. The Morgan fingerprint density at radius 1 is 1.14 bits per heavy atom. The molecule has 1 aromatic heterocycles. The number of carbonyl (C=O) groups excluding carboxylic acids is 1. The molecule has 0 saturated heterocycles. The van der Waals surface area contributed by atoms with Gasteiger partial charge in [-0.1, -0.05) is 0 Å². The largest absolute Gasteiger partial charge is 0.491 e. The van der Waals surface area contributed by atoms with Crippen LogP contribution < -0.4 is 19.5 Å². The zero-order valence-corrected chi connectivity index (χ0v) is 16.5. The molecule has 0 fully saturated rings. The molecule has 0 aliphatic carbocycles. The summed E-state index contributed by atoms with van der Waals surface area (Å²) in [6.07, 6.45) is 0.217. The Labute approximate surface area is 168 Å². The molecule has 1 aliphatic heterocycles. The van der Waals surface area contributed by atoms with Gasteiger partial charge in [0.1, 0.15) is 11.5 Å². The number of oxazole rings is 1. The summed E-state index contributed by atoms with van der Waals surface area (Å²) in [6.45, 7) is 5.94. The molecule has 1 aliphatic rings. The number of ether oxygens (including phenoxy) is 3. The van der Waals surface area contributed by atoms with Crippen molar-refractivity contribution in [2.75, 3.05) is 12.1 Å². The van der Waals surface area contributed by atoms with Crippen LogP contribution in [-0.2, 0) is 11.2 Å². The molecular formula is C22H22N2O5. The van der Waals surface area contributed by atoms with Crippen molar-refractivity contribution in [1.82, 2.24) is 4.98 Å². The fourth-order valence-corrected chi connectivity index (χ4v) is 2.99. The monoisotopic (exact) mass is 394 g/mol. The summed E-state index contributed by atoms with van der Waals surface area (Å²) in [4.78, 5) is 16.9. The quantitative estimate of drug-likeness (QED) is 0.669. The van der Waals surface area contributed by atoms with Crippen molar-refractivity contribution in [3.05, 3.63) is 53.9 Å². The number of fused-ring (bicyclic) bond motifs is 1. The third kappa shape index (κ3) is 4.34. The first-order valence-corrected chi connectivity index (χ1v) is 9.41. The Morgan fingerprint density at radius 2 is 1.90 bits per heavy atom. The highest BCUT2D eigenvalue weighted by atomic mass is 16.7. The van der Waals surface area contributed by atoms with Gasteiger partial charge >= 0.3 is 0 Å². The van der Waals surface area contributed by atoms with Crippen LogP contribution in [0.3, 0.4) is 0 Å². The van der Waals surface area contributed by atoms with Crippen LogP contribution in [0.15, 0.2) is 46.9 Å². The highest BCUT2D eigenvalue weighted by Gasteiger charge is 2.18. The van der Waals surface area contributed by atoms with Gasteiger partial charge in [0, 0.05) is 11.3 Å². The minimum absolute atomic E-state index is 0.101. The van der Waals surface area contributed by atoms with Gasteiger partial charge in [-0.25, -0.2) is 4.98 Å². The number of hydrogen-bond donors (Lipinski definition) is 1. The molecule has 150 valence electrons. The number of hydrogen-bond acceptors (Lipinski definition) is 6. The van der Waals surface area contributed by atoms with Gasteiger partial charge in [-0.2, -0.15) is 0 Å². The Kier molecular flexibility index (Phi) is 5.12. The van der Waals surface area contributed by atoms with Crippen LogP contribution in [0.4, 0.5) is 5.69 Å². The average molecular weight is 394 g/mol. The number of nitrogens with one attached hydrogen (secondary N) is 1. The second kappa shape index (κ2) is 7.87. The molecule has 0 unspecified atom stereocenters. The second-order valence-electron chi connectivity index (χ2n) is 7.01. The topological polar surface area (TPSA) is 82.8 Å². The van der Waals surface area contributed by atoms with Crippen LogP contribution in [0.2, 0.25) is 0 Å². The van der Waals surface area contributed by atoms with Gasteiger partial charge in [-0.05, 0) is 63.2 Å². The highest BCUT2D eigenvalue weighted by Crippen LogP contribution is 2.36. The molecule has 7 nitrogen and oxygen atoms in total. The van der Waals surface area contributed by atoms with Gasteiger partial charge in [0.2, 0.25) is 18.6 Å². The maximum Gasteiger partial charge on any atom is 0.231 e. The lowest BCUT2D eigenvalue weighted by atomic mass is 10.2. The van der Waals surface area contributed by atoms with E-state index in [1.807, 2.05) is 56.3 Å². The van der Waals surface area contributed by atoms with Gasteiger partial charge in [-0.15, -0.1) is 0 Å². The first-order valence-electron chi connectivity index (χ1n) is 9.41. The summed E-state index contributed by atoms with van der Waals surface area (Å²) < 4.78 is 22.1. The summed E-state index contributed by atoms with van der Waals surface area (Å²) >= 11 is 0. The maximum absolute atomic E-state index is 12.4. The number of carbonyl (C=O) groups is 1. The molecule has 4 rings (SSSR count). The van der Waals surface area contributed by atoms with Crippen LogP contribution in [0.5, 0.6) is 17.2 Å². The van der Waals surface area contributed by atoms with Crippen LogP contribution in [0.25, 0.3) is 11.5 Å². The molecule has 1 N–H and O–H groups in total. The van der Waals surface area contributed by atoms with Crippen LogP contribution in [-0.4, -0.2) is 23.8 Å². The second-order valence-corrected chi connectivity index (χ2v) is 7.01. The molecule has 0 bridgehead atoms. The van der Waals surface area contributed by atoms with Crippen molar-refractivity contribution in [2.45, 2.75) is 33.3 Å². The number of anilines is 1. The van der Waals surface area contributed by atoms with Gasteiger partial charge in [0.25, 0.3) is 0 Å². The van der Waals surface area contributed by atoms with Crippen molar-refractivity contribution >= 4 is 11.6 Å². The van der Waals surface area contributed by atoms with Gasteiger partial charge < -0.3 is 23.9 Å². The van der Waals surface area contributed by atoms with E-state index in [0.29, 0.717) is 34.5 Å². The number of nitrogens with zero attached hydrogens (tertiary/aromatic N) is 1. The van der Waals surface area contributed by atoms with E-state index >= 15 is 0 Å². The number of rotatable bonds is 6. The van der Waals surface area contributed by atoms with Gasteiger partial charge in [0.05, 0.1) is 18.2 Å². The summed E-state index contributed by atoms with van der Waals surface area (Å²) in [7, 11) is 0. The number of aryl methyl sites for hydroxylation is 1. The van der Waals surface area contributed by atoms with E-state index in [1.165, 1.54) is 0 Å². The zero-order valence-electron chi connectivity index (χ0n) is 16.5. The normalized spacial score (nSPS) is 12.3. The number of aromatic nitrogens is 1. The number of amides is 1. The summed E-state index contributed by atoms with van der Waals surface area (Å²) in [5.74, 6) is 2.99. The molecule has 0 spiro atoms. The lowest BCUT2D eigenvalue weighted by Crippen LogP contribution is -2.15. The van der Waals surface area contributed by atoms with Crippen LogP contribution in [0.1, 0.15) is 25.3 Å². The van der Waals surface area contributed by atoms with E-state index in [-0.39, 0.29) is 25.2 Å². The average Bonchev–Trinajstić information content (AvgIpc) is 3.29. The summed E-state index contributed by atoms with van der Waals surface area (Å²) in [5, 5.41) is 2.87. The Hall–Kier alpha value is -3.48. The number of benzene rings is 2. The molecule has 0 radical (unpaired) electrons. The Bertz CT molecular complexity index is 1020. The maximum atomic E-state index is 12.4. The van der Waals surface area contributed by atoms with Gasteiger partial charge in [0.15, 0.2) is 11.5 Å². The molecule has 0 saturated carbocycles. The fraction of sp³-hybridized carbons (Fsp3) is 0.273. The molecule has 2 heterocycles. The van der Waals surface area contributed by atoms with Crippen molar-refractivity contribution in [1.29, 1.82) is 0 Å². The predicted molar refractivity (Wildman–Crippen MR) is 107 cm³/mol. The van der Waals surface area contributed by atoms with Crippen molar-refractivity contribution in [2.24, 2.45) is 0 Å². The van der Waals surface area contributed by atoms with Crippen molar-refractivity contribution < 1.29 is 23.4 Å². The lowest BCUT2D eigenvalue weighted by Gasteiger charge is -2.10. The van der Waals surface area contributed by atoms with Crippen molar-refractivity contribution in [3.63, 3.8) is 0 Å². The molecule has 3 aromatic rings. The Morgan fingerprint density at radius 3 is 2.66 bits per heavy atom. The van der Waals surface area contributed by atoms with Crippen molar-refractivity contribution in [3.8, 4) is 28.7 Å². The van der Waals surface area contributed by atoms with E-state index < -0.39 is 0 Å². The lowest BCUT2D eigenvalue weighted by molar-refractivity contribution is -0.115. The summed E-state index contributed by atoms with van der Waals surface area (Å²) in [6, 6.07) is 12.8. The molecular weight excluding hydrogens is 372 g/mol. The van der Waals surface area contributed by atoms with E-state index in [9.17, 15) is 4.79 Å². The molecule has 7 heteroatoms. The van der Waals surface area contributed by atoms with Crippen LogP contribution >= 0.6 is 0 Å². The first kappa shape index (κ1) is 18.9. The minimum Gasteiger partial charge on any atom is -0.491 e. The Balaban J connectivity index is 1.42. The first-order chi connectivity index (χ1) is 14.0.